The number of nitrogens with two attached hydrogens (primary N) is 1. The highest BCUT2D eigenvalue weighted by Gasteiger charge is 2.25. The van der Waals surface area contributed by atoms with E-state index in [2.05, 4.69) is 10.3 Å². The van der Waals surface area contributed by atoms with Crippen LogP contribution in [0.5, 0.6) is 0 Å². The Morgan fingerprint density at radius 2 is 2.14 bits per heavy atom. The van der Waals surface area contributed by atoms with E-state index >= 15 is 0 Å². The van der Waals surface area contributed by atoms with Crippen molar-refractivity contribution in [2.45, 2.75) is 38.3 Å². The lowest BCUT2D eigenvalue weighted by atomic mass is 9.85. The van der Waals surface area contributed by atoms with E-state index in [1.165, 1.54) is 0 Å². The van der Waals surface area contributed by atoms with E-state index in [1.807, 2.05) is 31.1 Å². The van der Waals surface area contributed by atoms with Gasteiger partial charge in [0.05, 0.1) is 0 Å². The molecule has 7 heteroatoms. The molecule has 0 saturated heterocycles. The van der Waals surface area contributed by atoms with E-state index in [-0.39, 0.29) is 42.7 Å². The second-order valence-electron chi connectivity index (χ2n) is 5.72. The molecule has 1 aromatic rings. The molecule has 1 saturated carbocycles. The first kappa shape index (κ1) is 21.0. The third kappa shape index (κ3) is 5.63. The van der Waals surface area contributed by atoms with Gasteiger partial charge < -0.3 is 16.0 Å². The van der Waals surface area contributed by atoms with E-state index < -0.39 is 0 Å². The number of aromatic nitrogens is 1. The summed E-state index contributed by atoms with van der Waals surface area (Å²) in [5, 5.41) is 3.02. The normalized spacial score (nSPS) is 20.3. The van der Waals surface area contributed by atoms with Crippen molar-refractivity contribution in [1.82, 2.24) is 10.3 Å². The maximum Gasteiger partial charge on any atom is 0.223 e. The van der Waals surface area contributed by atoms with Crippen molar-refractivity contribution in [3.05, 3.63) is 23.9 Å². The molecular formula is C15H26Cl2N4O. The molecule has 2 rings (SSSR count). The van der Waals surface area contributed by atoms with Crippen LogP contribution in [0.15, 0.2) is 18.3 Å². The molecule has 126 valence electrons. The molecule has 3 N–H and O–H groups in total. The number of carbonyl (C=O) groups excluding carboxylic acids is 1. The Morgan fingerprint density at radius 3 is 2.77 bits per heavy atom. The third-order valence-electron chi connectivity index (χ3n) is 3.83. The van der Waals surface area contributed by atoms with E-state index in [9.17, 15) is 4.79 Å². The lowest BCUT2D eigenvalue weighted by Gasteiger charge is -2.26. The van der Waals surface area contributed by atoms with Crippen LogP contribution in [0.4, 0.5) is 5.82 Å². The molecule has 0 bridgehead atoms. The maximum absolute atomic E-state index is 12.2. The summed E-state index contributed by atoms with van der Waals surface area (Å²) >= 11 is 0. The lowest BCUT2D eigenvalue weighted by molar-refractivity contribution is -0.126. The highest BCUT2D eigenvalue weighted by atomic mass is 35.5. The van der Waals surface area contributed by atoms with Gasteiger partial charge >= 0.3 is 0 Å². The standard InChI is InChI=1S/C15H24N4O.2ClH/c1-19(2)14-12(6-4-8-17-14)10-18-15(20)11-5-3-7-13(16)9-11;;/h4,6,8,11,13H,3,5,7,9-10,16H2,1-2H3,(H,18,20);2*1H. The van der Waals surface area contributed by atoms with Crippen LogP contribution in [-0.2, 0) is 11.3 Å². The van der Waals surface area contributed by atoms with E-state index in [0.717, 1.165) is 37.1 Å². The zero-order valence-corrected chi connectivity index (χ0v) is 14.8. The number of anilines is 1. The van der Waals surface area contributed by atoms with Gasteiger partial charge in [-0.2, -0.15) is 0 Å². The fourth-order valence-electron chi connectivity index (χ4n) is 2.76. The molecule has 1 fully saturated rings. The summed E-state index contributed by atoms with van der Waals surface area (Å²) in [6, 6.07) is 4.07. The predicted molar refractivity (Wildman–Crippen MR) is 94.8 cm³/mol. The first-order chi connectivity index (χ1) is 9.58. The van der Waals surface area contributed by atoms with Gasteiger partial charge in [0.25, 0.3) is 0 Å². The molecule has 0 spiro atoms. The molecule has 0 radical (unpaired) electrons. The number of amides is 1. The van der Waals surface area contributed by atoms with Crippen LogP contribution in [-0.4, -0.2) is 31.0 Å². The van der Waals surface area contributed by atoms with Crippen molar-refractivity contribution >= 4 is 36.5 Å². The van der Waals surface area contributed by atoms with Crippen LogP contribution in [0.25, 0.3) is 0 Å². The maximum atomic E-state index is 12.2. The van der Waals surface area contributed by atoms with Crippen LogP contribution in [0.3, 0.4) is 0 Å². The first-order valence-corrected chi connectivity index (χ1v) is 7.22. The Labute approximate surface area is 144 Å². The molecule has 1 amide bonds. The fraction of sp³-hybridized carbons (Fsp3) is 0.600. The first-order valence-electron chi connectivity index (χ1n) is 7.22. The van der Waals surface area contributed by atoms with Crippen LogP contribution in [0.2, 0.25) is 0 Å². The minimum Gasteiger partial charge on any atom is -0.362 e. The summed E-state index contributed by atoms with van der Waals surface area (Å²) in [7, 11) is 3.90. The highest BCUT2D eigenvalue weighted by molar-refractivity contribution is 5.85. The number of carbonyl (C=O) groups is 1. The summed E-state index contributed by atoms with van der Waals surface area (Å²) < 4.78 is 0. The minimum absolute atomic E-state index is 0. The van der Waals surface area contributed by atoms with Gasteiger partial charge in [-0.05, 0) is 25.3 Å². The van der Waals surface area contributed by atoms with E-state index in [4.69, 9.17) is 5.73 Å². The molecule has 2 atom stereocenters. The molecule has 0 aromatic carbocycles. The minimum atomic E-state index is 0. The molecule has 2 unspecified atom stereocenters. The molecular weight excluding hydrogens is 323 g/mol. The number of hydrogen-bond acceptors (Lipinski definition) is 4. The van der Waals surface area contributed by atoms with Gasteiger partial charge in [0.1, 0.15) is 5.82 Å². The van der Waals surface area contributed by atoms with Gasteiger partial charge in [0.2, 0.25) is 5.91 Å². The second kappa shape index (κ2) is 9.87. The predicted octanol–water partition coefficient (Wildman–Crippen LogP) is 2.12. The molecule has 1 aliphatic rings. The number of pyridine rings is 1. The molecule has 1 heterocycles. The van der Waals surface area contributed by atoms with Crippen LogP contribution < -0.4 is 16.0 Å². The average Bonchev–Trinajstić information content (AvgIpc) is 2.45. The number of hydrogen-bond donors (Lipinski definition) is 2. The van der Waals surface area contributed by atoms with Gasteiger partial charge in [-0.1, -0.05) is 12.5 Å². The quantitative estimate of drug-likeness (QED) is 0.874. The highest BCUT2D eigenvalue weighted by Crippen LogP contribution is 2.23. The number of halogens is 2. The summed E-state index contributed by atoms with van der Waals surface area (Å²) in [6.45, 7) is 0.520. The zero-order valence-electron chi connectivity index (χ0n) is 13.1. The SMILES string of the molecule is CN(C)c1ncccc1CNC(=O)C1CCCC(N)C1.Cl.Cl. The molecule has 5 nitrogen and oxygen atoms in total. The Morgan fingerprint density at radius 1 is 1.41 bits per heavy atom. The lowest BCUT2D eigenvalue weighted by Crippen LogP contribution is -2.37. The summed E-state index contributed by atoms with van der Waals surface area (Å²) in [6.07, 6.45) is 5.61. The monoisotopic (exact) mass is 348 g/mol. The van der Waals surface area contributed by atoms with Crippen LogP contribution in [0, 0.1) is 5.92 Å². The van der Waals surface area contributed by atoms with Crippen molar-refractivity contribution in [1.29, 1.82) is 0 Å². The largest absolute Gasteiger partial charge is 0.362 e. The zero-order chi connectivity index (χ0) is 14.5. The van der Waals surface area contributed by atoms with Crippen LogP contribution >= 0.6 is 24.8 Å². The Hall–Kier alpha value is -1.04. The van der Waals surface area contributed by atoms with E-state index in [0.29, 0.717) is 6.54 Å². The summed E-state index contributed by atoms with van der Waals surface area (Å²) in [4.78, 5) is 18.5. The van der Waals surface area contributed by atoms with Crippen molar-refractivity contribution in [2.24, 2.45) is 11.7 Å². The average molecular weight is 349 g/mol. The number of rotatable bonds is 4. The second-order valence-corrected chi connectivity index (χ2v) is 5.72. The molecule has 0 aliphatic heterocycles. The Bertz CT molecular complexity index is 471. The van der Waals surface area contributed by atoms with Crippen molar-refractivity contribution in [3.8, 4) is 0 Å². The molecule has 22 heavy (non-hydrogen) atoms. The van der Waals surface area contributed by atoms with Gasteiger partial charge in [-0.3, -0.25) is 4.79 Å². The third-order valence-corrected chi connectivity index (χ3v) is 3.83. The van der Waals surface area contributed by atoms with Gasteiger partial charge in [0, 0.05) is 44.4 Å². The van der Waals surface area contributed by atoms with Gasteiger partial charge in [-0.25, -0.2) is 4.98 Å². The number of nitrogens with zero attached hydrogens (tertiary/aromatic N) is 2. The smallest absolute Gasteiger partial charge is 0.223 e. The summed E-state index contributed by atoms with van der Waals surface area (Å²) in [5.74, 6) is 1.08. The van der Waals surface area contributed by atoms with Gasteiger partial charge in [0.15, 0.2) is 0 Å². The van der Waals surface area contributed by atoms with Crippen molar-refractivity contribution in [2.75, 3.05) is 19.0 Å². The Balaban J connectivity index is 0.00000220. The molecule has 1 aromatic heterocycles. The van der Waals surface area contributed by atoms with Crippen molar-refractivity contribution in [3.63, 3.8) is 0 Å². The molecule has 1 aliphatic carbocycles. The Kier molecular flexibility index (Phi) is 9.41. The number of nitrogens with one attached hydrogen (secondary N) is 1. The topological polar surface area (TPSA) is 71.2 Å². The summed E-state index contributed by atoms with van der Waals surface area (Å²) in [5.41, 5.74) is 6.97. The van der Waals surface area contributed by atoms with Crippen molar-refractivity contribution < 1.29 is 4.79 Å². The fourth-order valence-corrected chi connectivity index (χ4v) is 2.76. The van der Waals surface area contributed by atoms with Gasteiger partial charge in [-0.15, -0.1) is 24.8 Å². The van der Waals surface area contributed by atoms with E-state index in [1.54, 1.807) is 6.20 Å². The van der Waals surface area contributed by atoms with Crippen LogP contribution in [0.1, 0.15) is 31.2 Å².